The van der Waals surface area contributed by atoms with Crippen molar-refractivity contribution >= 4 is 34.7 Å². The molecule has 0 amide bonds. The van der Waals surface area contributed by atoms with Gasteiger partial charge in [0.1, 0.15) is 10.8 Å². The lowest BCUT2D eigenvalue weighted by molar-refractivity contribution is -0.152. The number of nitrogens with zero attached hydrogens (tertiary/aromatic N) is 1. The number of carboxylic acids is 1. The molecular weight excluding hydrogens is 515 g/mol. The average Bonchev–Trinajstić information content (AvgIpc) is 3.22. The van der Waals surface area contributed by atoms with Crippen molar-refractivity contribution < 1.29 is 32.6 Å². The minimum absolute atomic E-state index is 0.0149. The van der Waals surface area contributed by atoms with Crippen LogP contribution in [0.5, 0.6) is 5.75 Å². The van der Waals surface area contributed by atoms with Gasteiger partial charge >= 0.3 is 12.1 Å². The summed E-state index contributed by atoms with van der Waals surface area (Å²) in [6.07, 6.45) is -4.11. The van der Waals surface area contributed by atoms with Gasteiger partial charge in [0.25, 0.3) is 0 Å². The van der Waals surface area contributed by atoms with Crippen LogP contribution in [0, 0.1) is 0 Å². The van der Waals surface area contributed by atoms with Crippen molar-refractivity contribution in [3.63, 3.8) is 0 Å². The van der Waals surface area contributed by atoms with Gasteiger partial charge < -0.3 is 9.84 Å². The van der Waals surface area contributed by atoms with E-state index >= 15 is 0 Å². The Balaban J connectivity index is 1.81. The number of ether oxygens (including phenoxy) is 1. The van der Waals surface area contributed by atoms with Crippen molar-refractivity contribution in [1.82, 2.24) is 4.98 Å². The average molecular weight is 540 g/mol. The molecule has 0 saturated carbocycles. The fourth-order valence-electron chi connectivity index (χ4n) is 3.47. The summed E-state index contributed by atoms with van der Waals surface area (Å²) in [5.41, 5.74) is -1.26. The van der Waals surface area contributed by atoms with Crippen LogP contribution in [0.2, 0.25) is 5.02 Å². The number of aliphatic carboxylic acids is 1. The Morgan fingerprint density at radius 2 is 1.81 bits per heavy atom. The van der Waals surface area contributed by atoms with Crippen molar-refractivity contribution in [3.05, 3.63) is 69.2 Å². The van der Waals surface area contributed by atoms with E-state index in [4.69, 9.17) is 16.3 Å². The number of carbonyl (C=O) groups is 2. The monoisotopic (exact) mass is 539 g/mol. The number of ketones is 1. The summed E-state index contributed by atoms with van der Waals surface area (Å²) in [5, 5.41) is 9.59. The number of halogens is 4. The van der Waals surface area contributed by atoms with E-state index in [1.165, 1.54) is 44.2 Å². The second-order valence-corrected chi connectivity index (χ2v) is 10.5. The first kappa shape index (κ1) is 27.7. The summed E-state index contributed by atoms with van der Waals surface area (Å²) < 4.78 is 46.0. The number of carboxylic acid groups (broad SMARTS) is 1. The molecule has 0 aliphatic carbocycles. The van der Waals surface area contributed by atoms with E-state index in [1.807, 2.05) is 13.8 Å². The molecule has 3 aromatic rings. The summed E-state index contributed by atoms with van der Waals surface area (Å²) in [4.78, 5) is 29.4. The van der Waals surface area contributed by atoms with E-state index in [-0.39, 0.29) is 39.5 Å². The molecule has 10 heteroatoms. The largest absolute Gasteiger partial charge is 0.478 e. The zero-order chi connectivity index (χ0) is 26.8. The lowest BCUT2D eigenvalue weighted by Crippen LogP contribution is -2.37. The highest BCUT2D eigenvalue weighted by molar-refractivity contribution is 7.15. The van der Waals surface area contributed by atoms with Gasteiger partial charge in [0, 0.05) is 22.4 Å². The summed E-state index contributed by atoms with van der Waals surface area (Å²) in [6.45, 7) is 6.56. The van der Waals surface area contributed by atoms with Crippen molar-refractivity contribution in [3.8, 4) is 16.3 Å². The zero-order valence-corrected chi connectivity index (χ0v) is 21.6. The topological polar surface area (TPSA) is 76.5 Å². The van der Waals surface area contributed by atoms with Gasteiger partial charge in [-0.05, 0) is 50.5 Å². The van der Waals surface area contributed by atoms with E-state index in [9.17, 15) is 27.9 Å². The highest BCUT2D eigenvalue weighted by Crippen LogP contribution is 2.40. The normalized spacial score (nSPS) is 12.1. The molecule has 1 aromatic heterocycles. The molecule has 1 heterocycles. The Kier molecular flexibility index (Phi) is 8.15. The molecule has 3 rings (SSSR count). The van der Waals surface area contributed by atoms with Crippen LogP contribution in [-0.4, -0.2) is 27.4 Å². The number of carbonyl (C=O) groups excluding carboxylic acids is 1. The lowest BCUT2D eigenvalue weighted by atomic mass is 10.0. The molecule has 192 valence electrons. The second kappa shape index (κ2) is 10.6. The smallest absolute Gasteiger partial charge is 0.417 e. The van der Waals surface area contributed by atoms with Crippen molar-refractivity contribution in [2.24, 2.45) is 0 Å². The minimum Gasteiger partial charge on any atom is -0.478 e. The van der Waals surface area contributed by atoms with Gasteiger partial charge in [-0.2, -0.15) is 13.2 Å². The van der Waals surface area contributed by atoms with E-state index < -0.39 is 23.3 Å². The molecule has 5 nitrogen and oxygen atoms in total. The van der Waals surface area contributed by atoms with Crippen LogP contribution >= 0.6 is 22.9 Å². The summed E-state index contributed by atoms with van der Waals surface area (Å²) in [6, 6.07) is 9.67. The Bertz CT molecular complexity index is 1280. The van der Waals surface area contributed by atoms with E-state index in [0.29, 0.717) is 17.7 Å². The highest BCUT2D eigenvalue weighted by Gasteiger charge is 2.34. The van der Waals surface area contributed by atoms with Crippen LogP contribution in [0.25, 0.3) is 10.6 Å². The number of hydrogen-bond acceptors (Lipinski definition) is 5. The van der Waals surface area contributed by atoms with Gasteiger partial charge in [0.05, 0.1) is 16.3 Å². The maximum Gasteiger partial charge on any atom is 0.417 e. The zero-order valence-electron chi connectivity index (χ0n) is 20.1. The molecule has 0 spiro atoms. The third-order valence-corrected chi connectivity index (χ3v) is 6.91. The van der Waals surface area contributed by atoms with Gasteiger partial charge in [0.2, 0.25) is 0 Å². The number of Topliss-reactive ketones (excluding diaryl/α,β-unsaturated/α-hetero) is 1. The van der Waals surface area contributed by atoms with Gasteiger partial charge in [0.15, 0.2) is 11.4 Å². The van der Waals surface area contributed by atoms with Gasteiger partial charge in [-0.25, -0.2) is 9.78 Å². The predicted octanol–water partition coefficient (Wildman–Crippen LogP) is 7.66. The Morgan fingerprint density at radius 1 is 1.14 bits per heavy atom. The SMILES string of the molecule is CC(C)c1nc(-c2ccccc2C(F)(F)F)sc1CCC(=O)c1ccc(OC(C)(C)C(=O)O)c(Cl)c1. The predicted molar refractivity (Wildman–Crippen MR) is 133 cm³/mol. The van der Waals surface area contributed by atoms with Crippen LogP contribution in [0.4, 0.5) is 13.2 Å². The molecule has 0 aliphatic rings. The van der Waals surface area contributed by atoms with Gasteiger partial charge in [-0.3, -0.25) is 4.79 Å². The molecule has 0 bridgehead atoms. The Morgan fingerprint density at radius 3 is 2.39 bits per heavy atom. The maximum absolute atomic E-state index is 13.5. The van der Waals surface area contributed by atoms with Crippen LogP contribution in [-0.2, 0) is 17.4 Å². The standard InChI is InChI=1S/C26H25ClF3NO4S/c1-14(2)22-21(36-23(31-22)16-7-5-6-8-17(16)26(28,29)30)12-10-19(32)15-9-11-20(18(27)13-15)35-25(3,4)24(33)34/h5-9,11,13-14H,10,12H2,1-4H3,(H,33,34). The number of rotatable bonds is 9. The third kappa shape index (κ3) is 6.25. The number of alkyl halides is 3. The molecule has 2 aromatic carbocycles. The number of aromatic nitrogens is 1. The first-order chi connectivity index (χ1) is 16.7. The fraction of sp³-hybridized carbons (Fsp3) is 0.346. The molecule has 0 unspecified atom stereocenters. The summed E-state index contributed by atoms with van der Waals surface area (Å²) in [7, 11) is 0. The molecule has 0 saturated heterocycles. The van der Waals surface area contributed by atoms with Crippen molar-refractivity contribution in [2.75, 3.05) is 0 Å². The number of aryl methyl sites for hydroxylation is 1. The summed E-state index contributed by atoms with van der Waals surface area (Å²) in [5.74, 6) is -1.29. The fourth-order valence-corrected chi connectivity index (χ4v) is 4.95. The van der Waals surface area contributed by atoms with E-state index in [0.717, 1.165) is 22.3 Å². The molecule has 36 heavy (non-hydrogen) atoms. The van der Waals surface area contributed by atoms with E-state index in [1.54, 1.807) is 6.07 Å². The first-order valence-corrected chi connectivity index (χ1v) is 12.3. The van der Waals surface area contributed by atoms with Crippen molar-refractivity contribution in [1.29, 1.82) is 0 Å². The number of hydrogen-bond donors (Lipinski definition) is 1. The Labute approximate surface area is 215 Å². The minimum atomic E-state index is -4.51. The molecule has 0 aliphatic heterocycles. The van der Waals surface area contributed by atoms with Crippen LogP contribution in [0.1, 0.15) is 66.5 Å². The second-order valence-electron chi connectivity index (χ2n) is 9.01. The molecule has 0 fully saturated rings. The lowest BCUT2D eigenvalue weighted by Gasteiger charge is -2.22. The third-order valence-electron chi connectivity index (χ3n) is 5.45. The molecular formula is C26H25ClF3NO4S. The van der Waals surface area contributed by atoms with Crippen LogP contribution in [0.3, 0.4) is 0 Å². The quantitative estimate of drug-likeness (QED) is 0.282. The van der Waals surface area contributed by atoms with E-state index in [2.05, 4.69) is 4.98 Å². The van der Waals surface area contributed by atoms with Crippen LogP contribution < -0.4 is 4.74 Å². The first-order valence-electron chi connectivity index (χ1n) is 11.1. The highest BCUT2D eigenvalue weighted by atomic mass is 35.5. The maximum atomic E-state index is 13.5. The Hall–Kier alpha value is -2.91. The molecule has 0 radical (unpaired) electrons. The van der Waals surface area contributed by atoms with Gasteiger partial charge in [-0.15, -0.1) is 11.3 Å². The molecule has 1 N–H and O–H groups in total. The summed E-state index contributed by atoms with van der Waals surface area (Å²) >= 11 is 7.38. The van der Waals surface area contributed by atoms with Crippen LogP contribution in [0.15, 0.2) is 42.5 Å². The molecule has 0 atom stereocenters. The van der Waals surface area contributed by atoms with Crippen molar-refractivity contribution in [2.45, 2.75) is 58.2 Å². The number of thiazole rings is 1. The van der Waals surface area contributed by atoms with Gasteiger partial charge in [-0.1, -0.05) is 43.6 Å². The number of benzene rings is 2.